The molecule has 1 aromatic heterocycles. The molecule has 64 heavy (non-hydrogen) atoms. The molecule has 3 aromatic carbocycles. The number of carbonyl (C=O) groups is 1. The van der Waals surface area contributed by atoms with Crippen molar-refractivity contribution in [3.63, 3.8) is 0 Å². The van der Waals surface area contributed by atoms with E-state index in [-0.39, 0.29) is 11.3 Å². The smallest absolute Gasteiger partial charge is 0.330 e. The number of hydrogen-bond acceptors (Lipinski definition) is 23. The molecule has 4 aromatic rings. The van der Waals surface area contributed by atoms with E-state index in [1.54, 1.807) is 0 Å². The predicted octanol–water partition coefficient (Wildman–Crippen LogP) is -1.90. The molecule has 7 rings (SSSR count). The van der Waals surface area contributed by atoms with Crippen LogP contribution < -0.4 is 14.9 Å². The van der Waals surface area contributed by atoms with Crippen molar-refractivity contribution in [3.8, 4) is 51.6 Å². The van der Waals surface area contributed by atoms with Gasteiger partial charge in [-0.05, 0) is 48.9 Å². The standard InChI is InChI=1S/C41H44O23/c1-14-28(49)32(53)34(55)39(59-14)60-17-10-22(46)27-24(11-17)61-36(16-4-6-19(43)21(45)9-16)37(31(27)52)63-41-38(29(50)23(47)12-58-41)64-40-35(56)33(54)30(51)25(62-40)13-57-26(48)7-3-15-2-5-18(42)20(44)8-15/h2-11,14,23,25,28-30,32-35,38-47,49-51,53-56H,12-13H2,1H3/t14-,23+,25-,28+,29-,30-,32+,33+,34+,35+,38-,39+,40-,41-/m0/s1. The average molecular weight is 905 g/mol. The fraction of sp³-hybridized carbons (Fsp3) is 0.415. The largest absolute Gasteiger partial charge is 0.507 e. The summed E-state index contributed by atoms with van der Waals surface area (Å²) in [5.41, 5.74) is -1.34. The third-order valence-corrected chi connectivity index (χ3v) is 10.6. The Balaban J connectivity index is 1.16. The second-order valence-electron chi connectivity index (χ2n) is 15.1. The molecule has 0 radical (unpaired) electrons. The molecular weight excluding hydrogens is 860 g/mol. The van der Waals surface area contributed by atoms with Gasteiger partial charge in [0.25, 0.3) is 0 Å². The molecule has 23 heteroatoms. The summed E-state index contributed by atoms with van der Waals surface area (Å²) >= 11 is 0. The number of fused-ring (bicyclic) bond motifs is 1. The van der Waals surface area contributed by atoms with Crippen molar-refractivity contribution in [2.75, 3.05) is 13.2 Å². The summed E-state index contributed by atoms with van der Waals surface area (Å²) in [6, 6.07) is 8.96. The minimum Gasteiger partial charge on any atom is -0.507 e. The van der Waals surface area contributed by atoms with Gasteiger partial charge in [-0.25, -0.2) is 4.79 Å². The van der Waals surface area contributed by atoms with Crippen LogP contribution in [0.15, 0.2) is 63.8 Å². The molecule has 0 bridgehead atoms. The molecule has 3 aliphatic heterocycles. The van der Waals surface area contributed by atoms with Crippen LogP contribution in [0, 0.1) is 0 Å². The fourth-order valence-electron chi connectivity index (χ4n) is 7.00. The summed E-state index contributed by atoms with van der Waals surface area (Å²) < 4.78 is 45.3. The molecule has 0 unspecified atom stereocenters. The van der Waals surface area contributed by atoms with Crippen LogP contribution in [0.5, 0.6) is 40.2 Å². The summed E-state index contributed by atoms with van der Waals surface area (Å²) in [6.45, 7) is 0.0258. The van der Waals surface area contributed by atoms with Gasteiger partial charge in [-0.2, -0.15) is 0 Å². The number of aromatic hydroxyl groups is 5. The zero-order valence-corrected chi connectivity index (χ0v) is 33.2. The van der Waals surface area contributed by atoms with E-state index in [9.17, 15) is 76.0 Å². The maximum Gasteiger partial charge on any atom is 0.330 e. The quantitative estimate of drug-likeness (QED) is 0.0444. The molecule has 13 N–H and O–H groups in total. The first-order valence-electron chi connectivity index (χ1n) is 19.4. The van der Waals surface area contributed by atoms with Gasteiger partial charge in [-0.15, -0.1) is 0 Å². The van der Waals surface area contributed by atoms with Gasteiger partial charge in [0.05, 0.1) is 12.7 Å². The maximum absolute atomic E-state index is 14.3. The maximum atomic E-state index is 14.3. The molecule has 0 spiro atoms. The van der Waals surface area contributed by atoms with Gasteiger partial charge < -0.3 is 104 Å². The number of rotatable bonds is 11. The van der Waals surface area contributed by atoms with Crippen LogP contribution in [-0.4, -0.2) is 172 Å². The van der Waals surface area contributed by atoms with Gasteiger partial charge in [0.15, 0.2) is 41.2 Å². The summed E-state index contributed by atoms with van der Waals surface area (Å²) in [7, 11) is 0. The second-order valence-corrected chi connectivity index (χ2v) is 15.1. The molecule has 0 saturated carbocycles. The van der Waals surface area contributed by atoms with Gasteiger partial charge >= 0.3 is 5.97 Å². The van der Waals surface area contributed by atoms with E-state index >= 15 is 0 Å². The summed E-state index contributed by atoms with van der Waals surface area (Å²) in [5, 5.41) is 135. The number of phenols is 5. The molecule has 14 atom stereocenters. The van der Waals surface area contributed by atoms with E-state index < -0.39 is 162 Å². The lowest BCUT2D eigenvalue weighted by Crippen LogP contribution is -2.63. The molecule has 4 heterocycles. The Labute approximate surface area is 359 Å². The highest BCUT2D eigenvalue weighted by Crippen LogP contribution is 2.40. The molecule has 0 amide bonds. The molecule has 3 fully saturated rings. The van der Waals surface area contributed by atoms with Gasteiger partial charge in [0.2, 0.25) is 23.8 Å². The van der Waals surface area contributed by atoms with Crippen molar-refractivity contribution in [1.29, 1.82) is 0 Å². The van der Waals surface area contributed by atoms with Crippen molar-refractivity contribution in [1.82, 2.24) is 0 Å². The topological polar surface area (TPSA) is 375 Å². The number of ether oxygens (including phenoxy) is 7. The Morgan fingerprint density at radius 2 is 1.38 bits per heavy atom. The Bertz CT molecular complexity index is 2420. The SMILES string of the molecule is C[C@@H]1O[C@H](Oc2cc(O)c3c(=O)c(O[C@@H]4OC[C@@H](O)[C@H](O)[C@@H]4O[C@@H]4O[C@@H](COC(=O)C=Cc5ccc(O)c(O)c5)[C@H](O)[C@@H](O)[C@H]4O)c(-c4ccc(O)c(O)c4)oc3c2)[C@H](O)[C@H](O)[C@@H]1O. The summed E-state index contributed by atoms with van der Waals surface area (Å²) in [4.78, 5) is 26.8. The Hall–Kier alpha value is -5.80. The first-order valence-corrected chi connectivity index (χ1v) is 19.4. The van der Waals surface area contributed by atoms with Crippen LogP contribution in [-0.2, 0) is 28.5 Å². The number of esters is 1. The van der Waals surface area contributed by atoms with E-state index in [1.165, 1.54) is 31.2 Å². The highest BCUT2D eigenvalue weighted by Gasteiger charge is 2.50. The minimum atomic E-state index is -2.07. The molecule has 0 aliphatic carbocycles. The molecular formula is C41H44O23. The normalized spacial score (nSPS) is 32.1. The third kappa shape index (κ3) is 9.37. The van der Waals surface area contributed by atoms with Crippen LogP contribution in [0.1, 0.15) is 12.5 Å². The Morgan fingerprint density at radius 3 is 2.08 bits per heavy atom. The lowest BCUT2D eigenvalue weighted by Gasteiger charge is -2.44. The summed E-state index contributed by atoms with van der Waals surface area (Å²) in [5.74, 6) is -5.41. The first kappa shape index (κ1) is 46.2. The van der Waals surface area contributed by atoms with Gasteiger partial charge in [0, 0.05) is 23.8 Å². The predicted molar refractivity (Wildman–Crippen MR) is 210 cm³/mol. The molecule has 346 valence electrons. The summed E-state index contributed by atoms with van der Waals surface area (Å²) in [6.07, 6.45) is -22.3. The van der Waals surface area contributed by atoms with Crippen molar-refractivity contribution in [3.05, 3.63) is 70.4 Å². The number of aliphatic hydroxyl groups excluding tert-OH is 8. The van der Waals surface area contributed by atoms with Crippen molar-refractivity contribution < 1.29 is 109 Å². The first-order chi connectivity index (χ1) is 30.3. The van der Waals surface area contributed by atoms with E-state index in [1.807, 2.05) is 0 Å². The van der Waals surface area contributed by atoms with Crippen molar-refractivity contribution in [2.24, 2.45) is 0 Å². The van der Waals surface area contributed by atoms with E-state index in [2.05, 4.69) is 0 Å². The number of phenolic OH excluding ortho intramolecular Hbond substituents is 5. The van der Waals surface area contributed by atoms with E-state index in [0.29, 0.717) is 5.56 Å². The van der Waals surface area contributed by atoms with Gasteiger partial charge in [-0.3, -0.25) is 4.79 Å². The van der Waals surface area contributed by atoms with Gasteiger partial charge in [-0.1, -0.05) is 6.07 Å². The zero-order valence-electron chi connectivity index (χ0n) is 33.2. The number of aliphatic hydroxyl groups is 8. The van der Waals surface area contributed by atoms with Crippen LogP contribution >= 0.6 is 0 Å². The van der Waals surface area contributed by atoms with Crippen LogP contribution in [0.2, 0.25) is 0 Å². The van der Waals surface area contributed by atoms with Gasteiger partial charge in [0.1, 0.15) is 84.0 Å². The third-order valence-electron chi connectivity index (χ3n) is 10.6. The highest BCUT2D eigenvalue weighted by atomic mass is 16.8. The lowest BCUT2D eigenvalue weighted by molar-refractivity contribution is -0.348. The second kappa shape index (κ2) is 18.7. The lowest BCUT2D eigenvalue weighted by atomic mass is 9.98. The van der Waals surface area contributed by atoms with Crippen LogP contribution in [0.4, 0.5) is 0 Å². The highest BCUT2D eigenvalue weighted by molar-refractivity contribution is 5.89. The van der Waals surface area contributed by atoms with Crippen LogP contribution in [0.3, 0.4) is 0 Å². The Morgan fingerprint density at radius 1 is 0.703 bits per heavy atom. The number of carbonyl (C=O) groups excluding carboxylic acids is 1. The monoisotopic (exact) mass is 904 g/mol. The minimum absolute atomic E-state index is 0.127. The van der Waals surface area contributed by atoms with Crippen molar-refractivity contribution in [2.45, 2.75) is 92.9 Å². The Kier molecular flexibility index (Phi) is 13.5. The van der Waals surface area contributed by atoms with Crippen molar-refractivity contribution >= 4 is 23.0 Å². The molecule has 3 aliphatic rings. The zero-order chi connectivity index (χ0) is 46.3. The molecule has 23 nitrogen and oxygen atoms in total. The van der Waals surface area contributed by atoms with Crippen LogP contribution in [0.25, 0.3) is 28.4 Å². The fourth-order valence-corrected chi connectivity index (χ4v) is 7.00. The number of hydrogen-bond donors (Lipinski definition) is 13. The molecule has 3 saturated heterocycles. The average Bonchev–Trinajstić information content (AvgIpc) is 3.26. The number of benzene rings is 3. The van der Waals surface area contributed by atoms with E-state index in [4.69, 9.17) is 37.6 Å². The van der Waals surface area contributed by atoms with E-state index in [0.717, 1.165) is 36.4 Å².